The Morgan fingerprint density at radius 2 is 1.26 bits per heavy atom. The number of carboxylic acid groups (broad SMARTS) is 1. The lowest BCUT2D eigenvalue weighted by molar-refractivity contribution is -0.143. The van der Waals surface area contributed by atoms with Crippen molar-refractivity contribution < 1.29 is 90.9 Å². The number of aliphatic carboxylic acids is 1. The van der Waals surface area contributed by atoms with Crippen LogP contribution >= 0.6 is 0 Å². The zero-order chi connectivity index (χ0) is 68.3. The minimum absolute atomic E-state index is 0.107. The van der Waals surface area contributed by atoms with E-state index in [1.54, 1.807) is 70.5 Å². The molecule has 91 heavy (non-hydrogen) atoms. The molecular weight excluding hydrogens is 1210 g/mol. The van der Waals surface area contributed by atoms with Crippen molar-refractivity contribution in [2.24, 2.45) is 0 Å². The summed E-state index contributed by atoms with van der Waals surface area (Å²) in [6.07, 6.45) is -5.57. The van der Waals surface area contributed by atoms with Crippen LogP contribution in [-0.4, -0.2) is 178 Å². The highest BCUT2D eigenvalue weighted by Gasteiger charge is 2.38. The van der Waals surface area contributed by atoms with Crippen molar-refractivity contribution in [2.75, 3.05) is 39.9 Å². The maximum absolute atomic E-state index is 15.3. The lowest BCUT2D eigenvalue weighted by Crippen LogP contribution is -2.57. The number of ether oxygens (including phenoxy) is 5. The van der Waals surface area contributed by atoms with Gasteiger partial charge in [-0.25, -0.2) is 23.9 Å². The first kappa shape index (κ1) is 72.7. The Morgan fingerprint density at radius 3 is 1.79 bits per heavy atom. The van der Waals surface area contributed by atoms with E-state index < -0.39 is 167 Å². The SMILES string of the molecule is C[C@@H]1NC(=O)[C@@H](N(C)C(=O)[C@H](CNS(=O)(=O)NC(=O)OC(C)(C)C)NC(=O)c2cnn(-c3ccc(C(C)(C)C)cc3)c(=O)c2)c2cc(OC[C@H](O)CNC(=O)OC(C)(C)C)c(O)c(c2)-c2cc(ccc2OC[C@H](O)CNC(=O)OC(C)(C)C)C[C@@H](C(=O)O)NC1=O. The maximum Gasteiger partial charge on any atom is 0.422 e. The Morgan fingerprint density at radius 1 is 0.714 bits per heavy atom. The highest BCUT2D eigenvalue weighted by Crippen LogP contribution is 2.45. The number of amides is 7. The minimum atomic E-state index is -4.97. The number of carboxylic acids is 1. The van der Waals surface area contributed by atoms with Gasteiger partial charge in [0.05, 0.1) is 30.5 Å². The molecule has 0 aliphatic carbocycles. The summed E-state index contributed by atoms with van der Waals surface area (Å²) in [7, 11) is -3.94. The predicted octanol–water partition coefficient (Wildman–Crippen LogP) is 2.72. The standard InChI is InChI=1S/C60H82N10O20S/c1-32-49(75)66-42(53(79)80)22-33-15-20-44(86-30-38(71)27-61-54(81)88-58(5,6)7)40(21-33)41-23-34(24-45(48(41)74)87-31-39(72)28-62-55(82)89-59(8,9)10)47(51(77)65-32)69(14)52(78)43(29-64-91(84,85)68-56(83)90-60(11,12)13)67-50(76)35-25-46(73)70(63-26-35)37-18-16-36(17-19-37)57(2,3)4/h15-21,23-26,32,38-39,42-43,47,64,71-72,74H,22,27-31H2,1-14H3,(H,61,81)(H,62,82)(H,65,77)(H,66,75)(H,67,76)(H,68,83)(H,79,80)/t32-,38+,39+,42-,43-,47-/m0/s1. The average molecular weight is 1300 g/mol. The molecule has 4 aromatic rings. The third kappa shape index (κ3) is 22.1. The number of carbonyl (C=O) groups excluding carboxylic acids is 7. The van der Waals surface area contributed by atoms with E-state index in [9.17, 15) is 62.4 Å². The monoisotopic (exact) mass is 1290 g/mol. The number of phenolic OH excluding ortho intramolecular Hbond substituents is 1. The molecule has 30 nitrogen and oxygen atoms in total. The molecule has 2 heterocycles. The Bertz CT molecular complexity index is 3520. The van der Waals surface area contributed by atoms with Gasteiger partial charge in [-0.1, -0.05) is 39.0 Å². The predicted molar refractivity (Wildman–Crippen MR) is 327 cm³/mol. The number of alkyl carbamates (subject to hydrolysis) is 2. The third-order valence-corrected chi connectivity index (χ3v) is 13.9. The van der Waals surface area contributed by atoms with Gasteiger partial charge in [0, 0.05) is 37.2 Å². The van der Waals surface area contributed by atoms with Gasteiger partial charge in [0.15, 0.2) is 11.5 Å². The first-order valence-corrected chi connectivity index (χ1v) is 30.2. The topological polar surface area (TPSA) is 420 Å². The highest BCUT2D eigenvalue weighted by molar-refractivity contribution is 7.88. The van der Waals surface area contributed by atoms with Crippen molar-refractivity contribution >= 4 is 58.1 Å². The second-order valence-electron chi connectivity index (χ2n) is 25.4. The summed E-state index contributed by atoms with van der Waals surface area (Å²) >= 11 is 0. The summed E-state index contributed by atoms with van der Waals surface area (Å²) in [4.78, 5) is 123. The largest absolute Gasteiger partial charge is 0.504 e. The summed E-state index contributed by atoms with van der Waals surface area (Å²) < 4.78 is 59.2. The molecule has 5 rings (SSSR count). The summed E-state index contributed by atoms with van der Waals surface area (Å²) in [5, 5.41) is 61.0. The minimum Gasteiger partial charge on any atom is -0.504 e. The molecule has 0 saturated carbocycles. The van der Waals surface area contributed by atoms with Crippen LogP contribution in [0.15, 0.2) is 71.7 Å². The van der Waals surface area contributed by atoms with Crippen molar-refractivity contribution in [1.29, 1.82) is 0 Å². The van der Waals surface area contributed by atoms with Crippen LogP contribution in [0.4, 0.5) is 14.4 Å². The summed E-state index contributed by atoms with van der Waals surface area (Å²) in [6.45, 7) is 18.1. The van der Waals surface area contributed by atoms with Gasteiger partial charge in [0.1, 0.15) is 72.1 Å². The van der Waals surface area contributed by atoms with Crippen molar-refractivity contribution in [3.8, 4) is 34.1 Å². The molecule has 0 unspecified atom stereocenters. The fourth-order valence-corrected chi connectivity index (χ4v) is 9.31. The van der Waals surface area contributed by atoms with Crippen LogP contribution in [0.3, 0.4) is 0 Å². The molecule has 0 saturated heterocycles. The molecule has 0 radical (unpaired) electrons. The number of nitrogens with zero attached hydrogens (tertiary/aromatic N) is 3. The second-order valence-corrected chi connectivity index (χ2v) is 26.9. The Kier molecular flexibility index (Phi) is 23.7. The van der Waals surface area contributed by atoms with Crippen LogP contribution in [0.1, 0.15) is 123 Å². The fourth-order valence-electron chi connectivity index (χ4n) is 8.59. The number of aliphatic hydroxyl groups is 2. The summed E-state index contributed by atoms with van der Waals surface area (Å²) in [5.74, 6) is -7.64. The van der Waals surface area contributed by atoms with Gasteiger partial charge in [0.2, 0.25) is 17.7 Å². The van der Waals surface area contributed by atoms with Crippen LogP contribution in [0.5, 0.6) is 17.2 Å². The number of fused-ring (bicyclic) bond motifs is 5. The molecule has 1 aromatic heterocycles. The number of aromatic nitrogens is 2. The number of rotatable bonds is 20. The van der Waals surface area contributed by atoms with Crippen LogP contribution in [-0.2, 0) is 55.4 Å². The van der Waals surface area contributed by atoms with E-state index in [0.29, 0.717) is 10.6 Å². The molecule has 4 bridgehead atoms. The van der Waals surface area contributed by atoms with E-state index in [2.05, 4.69) is 31.7 Å². The Hall–Kier alpha value is -9.07. The lowest BCUT2D eigenvalue weighted by Gasteiger charge is -2.33. The molecule has 7 amide bonds. The molecule has 498 valence electrons. The van der Waals surface area contributed by atoms with Gasteiger partial charge >= 0.3 is 34.5 Å². The molecule has 1 aliphatic rings. The van der Waals surface area contributed by atoms with Gasteiger partial charge in [-0.3, -0.25) is 24.0 Å². The number of hydrogen-bond donors (Lipinski definition) is 11. The number of hydrogen-bond acceptors (Lipinski definition) is 20. The van der Waals surface area contributed by atoms with E-state index in [1.807, 2.05) is 25.5 Å². The van der Waals surface area contributed by atoms with Crippen LogP contribution in [0.25, 0.3) is 16.8 Å². The lowest BCUT2D eigenvalue weighted by atomic mass is 9.87. The molecule has 11 N–H and O–H groups in total. The average Bonchev–Trinajstić information content (AvgIpc) is 0.911. The number of aliphatic hydroxyl groups excluding tert-OH is 2. The fraction of sp³-hybridized carbons (Fsp3) is 0.500. The first-order chi connectivity index (χ1) is 42.0. The highest BCUT2D eigenvalue weighted by atomic mass is 32.2. The summed E-state index contributed by atoms with van der Waals surface area (Å²) in [5.41, 5.74) is -3.66. The smallest absolute Gasteiger partial charge is 0.422 e. The number of benzene rings is 3. The Labute approximate surface area is 526 Å². The second kappa shape index (κ2) is 29.7. The third-order valence-electron chi connectivity index (χ3n) is 12.9. The molecule has 0 fully saturated rings. The first-order valence-electron chi connectivity index (χ1n) is 28.7. The van der Waals surface area contributed by atoms with Crippen molar-refractivity contribution in [3.63, 3.8) is 0 Å². The molecular formula is C60H82N10O20S. The molecule has 31 heteroatoms. The number of aromatic hydroxyl groups is 1. The van der Waals surface area contributed by atoms with Crippen molar-refractivity contribution in [2.45, 2.75) is 155 Å². The number of nitrogens with one attached hydrogen (secondary N) is 7. The normalized spacial score (nSPS) is 16.6. The van der Waals surface area contributed by atoms with Crippen LogP contribution < -0.4 is 51.1 Å². The summed E-state index contributed by atoms with van der Waals surface area (Å²) in [6, 6.07) is 6.71. The van der Waals surface area contributed by atoms with E-state index in [-0.39, 0.29) is 40.0 Å². The van der Waals surface area contributed by atoms with E-state index in [1.165, 1.54) is 52.0 Å². The van der Waals surface area contributed by atoms with Gasteiger partial charge in [-0.15, -0.1) is 0 Å². The number of likely N-dealkylation sites (N-methyl/N-ethyl adjacent to an activating group) is 1. The molecule has 0 spiro atoms. The molecule has 1 aliphatic heterocycles. The van der Waals surface area contributed by atoms with E-state index >= 15 is 9.59 Å². The van der Waals surface area contributed by atoms with E-state index in [4.69, 9.17) is 23.7 Å². The van der Waals surface area contributed by atoms with Crippen LogP contribution in [0, 0.1) is 0 Å². The maximum atomic E-state index is 15.3. The zero-order valence-corrected chi connectivity index (χ0v) is 53.9. The quantitative estimate of drug-likeness (QED) is 0.0567. The number of carbonyl (C=O) groups is 8. The van der Waals surface area contributed by atoms with Crippen molar-refractivity contribution in [1.82, 2.24) is 50.7 Å². The van der Waals surface area contributed by atoms with Crippen LogP contribution in [0.2, 0.25) is 0 Å². The molecule has 6 atom stereocenters. The number of phenols is 1. The van der Waals surface area contributed by atoms with Gasteiger partial charge < -0.3 is 75.6 Å². The zero-order valence-electron chi connectivity index (χ0n) is 53.1. The van der Waals surface area contributed by atoms with Crippen molar-refractivity contribution in [3.05, 3.63) is 99.5 Å². The molecule has 3 aromatic carbocycles. The van der Waals surface area contributed by atoms with E-state index in [0.717, 1.165) is 35.6 Å². The van der Waals surface area contributed by atoms with Gasteiger partial charge in [0.25, 0.3) is 11.5 Å². The van der Waals surface area contributed by atoms with Gasteiger partial charge in [-0.2, -0.15) is 22.9 Å². The Balaban J connectivity index is 1.70. The van der Waals surface area contributed by atoms with Gasteiger partial charge in [-0.05, 0) is 128 Å².